The van der Waals surface area contributed by atoms with E-state index in [2.05, 4.69) is 20.1 Å². The highest BCUT2D eigenvalue weighted by Gasteiger charge is 2.77. The summed E-state index contributed by atoms with van der Waals surface area (Å²) >= 11 is 1.74. The molecule has 42 heavy (non-hydrogen) atoms. The van der Waals surface area contributed by atoms with Crippen LogP contribution in [0.3, 0.4) is 0 Å². The van der Waals surface area contributed by atoms with Gasteiger partial charge in [-0.15, -0.1) is 24.9 Å². The van der Waals surface area contributed by atoms with Crippen molar-refractivity contribution in [2.24, 2.45) is 11.8 Å². The number of carbonyl (C=O) groups is 3. The Morgan fingerprint density at radius 2 is 1.76 bits per heavy atom. The van der Waals surface area contributed by atoms with Crippen LogP contribution in [0, 0.1) is 11.8 Å². The monoisotopic (exact) mass is 593 g/mol. The van der Waals surface area contributed by atoms with E-state index in [-0.39, 0.29) is 30.4 Å². The van der Waals surface area contributed by atoms with Crippen LogP contribution in [-0.2, 0) is 20.9 Å². The second kappa shape index (κ2) is 13.0. The molecule has 3 saturated heterocycles. The topological polar surface area (TPSA) is 81.2 Å². The van der Waals surface area contributed by atoms with E-state index in [1.54, 1.807) is 28.8 Å². The van der Waals surface area contributed by atoms with Gasteiger partial charge in [0.15, 0.2) is 0 Å². The minimum Gasteiger partial charge on any atom is -0.396 e. The van der Waals surface area contributed by atoms with Gasteiger partial charge in [0, 0.05) is 43.6 Å². The molecule has 2 unspecified atom stereocenters. The molecule has 0 radical (unpaired) electrons. The molecule has 228 valence electrons. The van der Waals surface area contributed by atoms with E-state index >= 15 is 0 Å². The Kier molecular flexibility index (Phi) is 9.53. The van der Waals surface area contributed by atoms with Gasteiger partial charge in [0.25, 0.3) is 0 Å². The number of hydrogen-bond acceptors (Lipinski definition) is 5. The van der Waals surface area contributed by atoms with Gasteiger partial charge in [-0.3, -0.25) is 14.4 Å². The molecule has 1 spiro atoms. The fourth-order valence-corrected chi connectivity index (χ4v) is 10.6. The number of carbonyl (C=O) groups excluding carboxylic acids is 3. The van der Waals surface area contributed by atoms with Gasteiger partial charge in [-0.2, -0.15) is 0 Å². The van der Waals surface area contributed by atoms with Crippen LogP contribution >= 0.6 is 11.8 Å². The van der Waals surface area contributed by atoms with Crippen LogP contribution in [0.5, 0.6) is 0 Å². The molecule has 5 atom stereocenters. The minimum absolute atomic E-state index is 0.0127. The number of amides is 3. The number of unbranched alkanes of at least 4 members (excludes halogenated alkanes) is 1. The third kappa shape index (κ3) is 5.45. The lowest BCUT2D eigenvalue weighted by Crippen LogP contribution is -2.57. The van der Waals surface area contributed by atoms with Crippen LogP contribution in [0.2, 0.25) is 0 Å². The Bertz CT molecular complexity index is 1170. The summed E-state index contributed by atoms with van der Waals surface area (Å²) in [7, 11) is 0. The maximum absolute atomic E-state index is 14.7. The zero-order valence-corrected chi connectivity index (χ0v) is 25.9. The van der Waals surface area contributed by atoms with Crippen LogP contribution in [-0.4, -0.2) is 85.3 Å². The third-order valence-electron chi connectivity index (χ3n) is 10.1. The molecule has 3 aliphatic heterocycles. The molecule has 5 rings (SSSR count). The molecule has 1 N–H and O–H groups in total. The van der Waals surface area contributed by atoms with Crippen molar-refractivity contribution < 1.29 is 19.5 Å². The van der Waals surface area contributed by atoms with Gasteiger partial charge in [0.1, 0.15) is 6.04 Å². The van der Waals surface area contributed by atoms with Crippen LogP contribution < -0.4 is 0 Å². The zero-order valence-electron chi connectivity index (χ0n) is 25.1. The molecule has 7 nitrogen and oxygen atoms in total. The van der Waals surface area contributed by atoms with Gasteiger partial charge in [0.2, 0.25) is 17.7 Å². The van der Waals surface area contributed by atoms with Crippen molar-refractivity contribution in [2.45, 2.75) is 92.8 Å². The first kappa shape index (κ1) is 30.9. The first-order valence-corrected chi connectivity index (χ1v) is 16.6. The molecule has 1 aromatic rings. The maximum Gasteiger partial charge on any atom is 0.247 e. The van der Waals surface area contributed by atoms with E-state index in [4.69, 9.17) is 0 Å². The Balaban J connectivity index is 1.51. The summed E-state index contributed by atoms with van der Waals surface area (Å²) in [4.78, 5) is 49.3. The van der Waals surface area contributed by atoms with Crippen LogP contribution in [0.15, 0.2) is 55.6 Å². The quantitative estimate of drug-likeness (QED) is 0.263. The largest absolute Gasteiger partial charge is 0.396 e. The maximum atomic E-state index is 14.7. The summed E-state index contributed by atoms with van der Waals surface area (Å²) in [6, 6.07) is 9.47. The van der Waals surface area contributed by atoms with Gasteiger partial charge in [-0.1, -0.05) is 61.7 Å². The standard InChI is InChI=1S/C34H47N3O4S/c1-4-20-35(24-25-14-8-6-9-15-25)30(39)27-28-31(40)37(22-12-13-23-38)29(34(28)19-18-33(27,3)42-34)32(41)36(21-5-2)26-16-10-7-11-17-26/h4-6,8-9,14-15,26-29,38H,1-2,7,10-13,16-24H2,3H3/t27-,28-,29?,33+,34?/m0/s1. The highest BCUT2D eigenvalue weighted by atomic mass is 32.2. The molecule has 3 heterocycles. The summed E-state index contributed by atoms with van der Waals surface area (Å²) in [5.74, 6) is -1.13. The molecule has 4 aliphatic rings. The number of aliphatic hydroxyl groups excluding tert-OH is 1. The first-order valence-electron chi connectivity index (χ1n) is 15.8. The lowest BCUT2D eigenvalue weighted by Gasteiger charge is -2.41. The van der Waals surface area contributed by atoms with Crippen LogP contribution in [0.4, 0.5) is 0 Å². The number of hydrogen-bond donors (Lipinski definition) is 1. The second-order valence-corrected chi connectivity index (χ2v) is 14.7. The average Bonchev–Trinajstić information content (AvgIpc) is 3.56. The van der Waals surface area contributed by atoms with Gasteiger partial charge in [-0.25, -0.2) is 0 Å². The van der Waals surface area contributed by atoms with Crippen molar-refractivity contribution in [3.63, 3.8) is 0 Å². The minimum atomic E-state index is -0.636. The highest BCUT2D eigenvalue weighted by Crippen LogP contribution is 2.71. The Morgan fingerprint density at radius 3 is 2.43 bits per heavy atom. The van der Waals surface area contributed by atoms with Crippen molar-refractivity contribution in [3.8, 4) is 0 Å². The average molecular weight is 594 g/mol. The fourth-order valence-electron chi connectivity index (χ4n) is 8.21. The molecule has 8 heteroatoms. The van der Waals surface area contributed by atoms with Gasteiger partial charge < -0.3 is 19.8 Å². The highest BCUT2D eigenvalue weighted by molar-refractivity contribution is 8.02. The summed E-state index contributed by atoms with van der Waals surface area (Å²) < 4.78 is -1.06. The van der Waals surface area contributed by atoms with E-state index in [9.17, 15) is 19.5 Å². The Morgan fingerprint density at radius 1 is 1.05 bits per heavy atom. The van der Waals surface area contributed by atoms with Crippen molar-refractivity contribution in [1.82, 2.24) is 14.7 Å². The van der Waals surface area contributed by atoms with Crippen LogP contribution in [0.1, 0.15) is 70.3 Å². The number of rotatable bonds is 13. The molecular formula is C34H47N3O4S. The molecule has 1 aliphatic carbocycles. The van der Waals surface area contributed by atoms with Crippen molar-refractivity contribution in [1.29, 1.82) is 0 Å². The molecule has 1 aromatic carbocycles. The van der Waals surface area contributed by atoms with E-state index < -0.39 is 27.4 Å². The number of benzene rings is 1. The van der Waals surface area contributed by atoms with E-state index in [1.165, 1.54) is 6.42 Å². The Labute approximate surface area is 255 Å². The van der Waals surface area contributed by atoms with Crippen LogP contribution in [0.25, 0.3) is 0 Å². The normalized spacial score (nSPS) is 30.3. The number of likely N-dealkylation sites (tertiary alicyclic amines) is 1. The number of aliphatic hydroxyl groups is 1. The second-order valence-electron chi connectivity index (χ2n) is 12.8. The number of fused-ring (bicyclic) bond motifs is 1. The van der Waals surface area contributed by atoms with Gasteiger partial charge in [0.05, 0.1) is 16.6 Å². The third-order valence-corrected chi connectivity index (χ3v) is 12.1. The molecule has 1 saturated carbocycles. The lowest BCUT2D eigenvalue weighted by atomic mass is 9.66. The Hall–Kier alpha value is -2.58. The fraction of sp³-hybridized carbons (Fsp3) is 0.618. The summed E-state index contributed by atoms with van der Waals surface area (Å²) in [5.41, 5.74) is 1.03. The van der Waals surface area contributed by atoms with E-state index in [0.29, 0.717) is 39.0 Å². The molecule has 3 amide bonds. The van der Waals surface area contributed by atoms with Gasteiger partial charge in [-0.05, 0) is 51.0 Å². The smallest absolute Gasteiger partial charge is 0.247 e. The summed E-state index contributed by atoms with van der Waals surface area (Å²) in [5, 5.41) is 9.50. The summed E-state index contributed by atoms with van der Waals surface area (Å²) in [6.07, 6.45) is 11.6. The lowest BCUT2D eigenvalue weighted by molar-refractivity contribution is -0.146. The molecule has 0 aromatic heterocycles. The number of nitrogens with zero attached hydrogens (tertiary/aromatic N) is 3. The number of thioether (sulfide) groups is 1. The van der Waals surface area contributed by atoms with E-state index in [1.807, 2.05) is 40.1 Å². The van der Waals surface area contributed by atoms with E-state index in [0.717, 1.165) is 44.1 Å². The molecule has 2 bridgehead atoms. The first-order chi connectivity index (χ1) is 20.3. The zero-order chi connectivity index (χ0) is 29.9. The predicted molar refractivity (Wildman–Crippen MR) is 168 cm³/mol. The molecule has 4 fully saturated rings. The van der Waals surface area contributed by atoms with Crippen molar-refractivity contribution in [3.05, 3.63) is 61.2 Å². The van der Waals surface area contributed by atoms with Crippen molar-refractivity contribution in [2.75, 3.05) is 26.2 Å². The SMILES string of the molecule is C=CCN(Cc1ccccc1)C(=O)[C@@H]1[C@H]2C(=O)N(CCCCO)C(C(=O)N(CC=C)C3CCCCC3)C23CC[C@@]1(C)S3. The molecular weight excluding hydrogens is 546 g/mol. The summed E-state index contributed by atoms with van der Waals surface area (Å²) in [6.45, 7) is 11.8. The predicted octanol–water partition coefficient (Wildman–Crippen LogP) is 4.80. The van der Waals surface area contributed by atoms with Crippen molar-refractivity contribution >= 4 is 29.5 Å². The van der Waals surface area contributed by atoms with Gasteiger partial charge >= 0.3 is 0 Å².